The molecule has 4 radical (unpaired) electrons. The molecule has 0 spiro atoms. The number of anilines is 6. The third-order valence-electron chi connectivity index (χ3n) is 7.12. The Labute approximate surface area is 251 Å². The van der Waals surface area contributed by atoms with Crippen LogP contribution in [0.1, 0.15) is 0 Å². The summed E-state index contributed by atoms with van der Waals surface area (Å²) in [4.78, 5) is 4.29. The lowest BCUT2D eigenvalue weighted by atomic mass is 9.95. The summed E-state index contributed by atoms with van der Waals surface area (Å²) in [6.45, 7) is 0. The van der Waals surface area contributed by atoms with Crippen molar-refractivity contribution in [3.63, 3.8) is 0 Å². The molecular formula is C36H26B2FN2P. The normalized spacial score (nSPS) is 10.8. The molecule has 0 amide bonds. The zero-order valence-corrected chi connectivity index (χ0v) is 24.0. The van der Waals surface area contributed by atoms with Crippen LogP contribution in [0.2, 0.25) is 0 Å². The fourth-order valence-electron chi connectivity index (χ4n) is 4.96. The maximum atomic E-state index is 13.7. The lowest BCUT2D eigenvalue weighted by Crippen LogP contribution is -2.12. The molecule has 0 heterocycles. The SMILES string of the molecule is [B]c1ccc(N(c2ccc([B])cc2)c2ccc(-c3ccc(N(c4ccc(F)cc4)c4ccc(P)cc4)cc3)cc2)cc1. The Morgan fingerprint density at radius 2 is 0.643 bits per heavy atom. The van der Waals surface area contributed by atoms with Crippen molar-refractivity contribution in [1.82, 2.24) is 0 Å². The van der Waals surface area contributed by atoms with Gasteiger partial charge in [0.1, 0.15) is 21.5 Å². The van der Waals surface area contributed by atoms with Crippen LogP contribution in [0.25, 0.3) is 11.1 Å². The summed E-state index contributed by atoms with van der Waals surface area (Å²) in [7, 11) is 14.6. The van der Waals surface area contributed by atoms with Gasteiger partial charge in [-0.3, -0.25) is 0 Å². The quantitative estimate of drug-likeness (QED) is 0.148. The third-order valence-corrected chi connectivity index (χ3v) is 7.51. The summed E-state index contributed by atoms with van der Waals surface area (Å²) in [6.07, 6.45) is 0. The van der Waals surface area contributed by atoms with Crippen molar-refractivity contribution in [2.75, 3.05) is 9.80 Å². The summed E-state index contributed by atoms with van der Waals surface area (Å²) < 4.78 is 13.7. The van der Waals surface area contributed by atoms with Gasteiger partial charge in [-0.1, -0.05) is 71.6 Å². The van der Waals surface area contributed by atoms with Crippen LogP contribution in [-0.4, -0.2) is 15.7 Å². The summed E-state index contributed by atoms with van der Waals surface area (Å²) in [5.74, 6) is -0.260. The predicted molar refractivity (Wildman–Crippen MR) is 181 cm³/mol. The molecule has 6 heteroatoms. The van der Waals surface area contributed by atoms with Crippen molar-refractivity contribution >= 4 is 75.3 Å². The lowest BCUT2D eigenvalue weighted by Gasteiger charge is -2.26. The average Bonchev–Trinajstić information content (AvgIpc) is 3.02. The van der Waals surface area contributed by atoms with Crippen LogP contribution in [-0.2, 0) is 0 Å². The Morgan fingerprint density at radius 3 is 0.976 bits per heavy atom. The topological polar surface area (TPSA) is 6.48 Å². The van der Waals surface area contributed by atoms with E-state index in [-0.39, 0.29) is 5.82 Å². The van der Waals surface area contributed by atoms with E-state index in [1.165, 1.54) is 12.1 Å². The minimum absolute atomic E-state index is 0.260. The van der Waals surface area contributed by atoms with E-state index in [0.29, 0.717) is 10.9 Å². The van der Waals surface area contributed by atoms with E-state index < -0.39 is 0 Å². The van der Waals surface area contributed by atoms with Crippen LogP contribution >= 0.6 is 9.24 Å². The molecule has 0 bridgehead atoms. The van der Waals surface area contributed by atoms with Crippen molar-refractivity contribution in [2.24, 2.45) is 0 Å². The van der Waals surface area contributed by atoms with Crippen LogP contribution in [0.5, 0.6) is 0 Å². The highest BCUT2D eigenvalue weighted by Gasteiger charge is 2.15. The molecular weight excluding hydrogens is 532 g/mol. The first kappa shape index (κ1) is 27.6. The van der Waals surface area contributed by atoms with Gasteiger partial charge in [0.15, 0.2) is 0 Å². The molecule has 0 saturated carbocycles. The number of hydrogen-bond acceptors (Lipinski definition) is 2. The molecule has 0 N–H and O–H groups in total. The highest BCUT2D eigenvalue weighted by molar-refractivity contribution is 7.27. The molecule has 1 unspecified atom stereocenters. The molecule has 6 aromatic rings. The Balaban J connectivity index is 1.31. The number of nitrogens with zero attached hydrogens (tertiary/aromatic N) is 2. The zero-order chi connectivity index (χ0) is 29.1. The first-order valence-corrected chi connectivity index (χ1v) is 14.2. The Kier molecular flexibility index (Phi) is 7.95. The number of rotatable bonds is 7. The molecule has 0 fully saturated rings. The summed E-state index contributed by atoms with van der Waals surface area (Å²) in [5.41, 5.74) is 9.51. The third kappa shape index (κ3) is 6.03. The maximum absolute atomic E-state index is 13.7. The van der Waals surface area contributed by atoms with E-state index in [9.17, 15) is 4.39 Å². The van der Waals surface area contributed by atoms with E-state index >= 15 is 0 Å². The Bertz CT molecular complexity index is 1540. The van der Waals surface area contributed by atoms with E-state index in [2.05, 4.69) is 79.7 Å². The summed E-state index contributed by atoms with van der Waals surface area (Å²) in [6, 6.07) is 47.3. The Morgan fingerprint density at radius 1 is 0.381 bits per heavy atom. The maximum Gasteiger partial charge on any atom is 0.123 e. The van der Waals surface area contributed by atoms with Crippen LogP contribution in [0, 0.1) is 5.82 Å². The van der Waals surface area contributed by atoms with E-state index in [1.54, 1.807) is 12.1 Å². The second-order valence-electron chi connectivity index (χ2n) is 10.0. The van der Waals surface area contributed by atoms with E-state index in [0.717, 1.165) is 50.6 Å². The Hall–Kier alpha value is -4.59. The van der Waals surface area contributed by atoms with Gasteiger partial charge in [0.25, 0.3) is 0 Å². The van der Waals surface area contributed by atoms with Crippen LogP contribution in [0.4, 0.5) is 38.5 Å². The summed E-state index contributed by atoms with van der Waals surface area (Å²) >= 11 is 0. The van der Waals surface area contributed by atoms with Crippen molar-refractivity contribution in [2.45, 2.75) is 0 Å². The number of benzene rings is 6. The molecule has 0 aliphatic carbocycles. The molecule has 0 aliphatic heterocycles. The van der Waals surface area contributed by atoms with Crippen molar-refractivity contribution < 1.29 is 4.39 Å². The first-order chi connectivity index (χ1) is 20.4. The molecule has 42 heavy (non-hydrogen) atoms. The highest BCUT2D eigenvalue weighted by atomic mass is 31.0. The van der Waals surface area contributed by atoms with Crippen molar-refractivity contribution in [3.05, 3.63) is 151 Å². The predicted octanol–water partition coefficient (Wildman–Crippen LogP) is 7.52. The van der Waals surface area contributed by atoms with Gasteiger partial charge in [0, 0.05) is 34.1 Å². The van der Waals surface area contributed by atoms with Gasteiger partial charge < -0.3 is 9.80 Å². The molecule has 0 aliphatic rings. The standard InChI is InChI=1S/C36H26B2FN2P/c37-27-5-15-32(16-6-27)40(33-17-7-28(38)8-18-33)30-11-1-25(2-12-30)26-3-13-31(14-4-26)41(34-19-9-29(39)10-20-34)35-21-23-36(42)24-22-35/h1-24H,42H2. The smallest absolute Gasteiger partial charge is 0.123 e. The molecule has 0 saturated heterocycles. The van der Waals surface area contributed by atoms with Crippen molar-refractivity contribution in [3.8, 4) is 11.1 Å². The minimum atomic E-state index is -0.260. The van der Waals surface area contributed by atoms with Crippen LogP contribution < -0.4 is 26.0 Å². The molecule has 198 valence electrons. The number of hydrogen-bond donors (Lipinski definition) is 0. The molecule has 6 aromatic carbocycles. The van der Waals surface area contributed by atoms with Gasteiger partial charge in [-0.2, -0.15) is 0 Å². The molecule has 1 atom stereocenters. The average molecular weight is 558 g/mol. The molecule has 0 aromatic heterocycles. The monoisotopic (exact) mass is 558 g/mol. The largest absolute Gasteiger partial charge is 0.311 e. The fraction of sp³-hybridized carbons (Fsp3) is 0. The van der Waals surface area contributed by atoms with Crippen LogP contribution in [0.15, 0.2) is 146 Å². The van der Waals surface area contributed by atoms with E-state index in [4.69, 9.17) is 15.7 Å². The van der Waals surface area contributed by atoms with Gasteiger partial charge in [-0.15, -0.1) is 9.24 Å². The van der Waals surface area contributed by atoms with Gasteiger partial charge in [-0.05, 0) is 101 Å². The molecule has 2 nitrogen and oxygen atoms in total. The van der Waals surface area contributed by atoms with Crippen LogP contribution in [0.3, 0.4) is 0 Å². The van der Waals surface area contributed by atoms with Gasteiger partial charge in [-0.25, -0.2) is 4.39 Å². The zero-order valence-electron chi connectivity index (χ0n) is 22.9. The highest BCUT2D eigenvalue weighted by Crippen LogP contribution is 2.37. The van der Waals surface area contributed by atoms with Crippen molar-refractivity contribution in [1.29, 1.82) is 0 Å². The second-order valence-corrected chi connectivity index (χ2v) is 10.7. The minimum Gasteiger partial charge on any atom is -0.311 e. The first-order valence-electron chi connectivity index (χ1n) is 13.6. The van der Waals surface area contributed by atoms with E-state index in [1.807, 2.05) is 60.7 Å². The molecule has 6 rings (SSSR count). The lowest BCUT2D eigenvalue weighted by molar-refractivity contribution is 0.628. The van der Waals surface area contributed by atoms with Gasteiger partial charge in [0.2, 0.25) is 0 Å². The fourth-order valence-corrected chi connectivity index (χ4v) is 5.15. The van der Waals surface area contributed by atoms with Gasteiger partial charge >= 0.3 is 0 Å². The number of halogens is 1. The second kappa shape index (κ2) is 12.1. The van der Waals surface area contributed by atoms with Gasteiger partial charge in [0.05, 0.1) is 0 Å². The summed E-state index contributed by atoms with van der Waals surface area (Å²) in [5, 5.41) is 1.10.